The SMILES string of the molecule is CC(C)C[C@H]1C(=O)N2CCCC2[C@]2(O)O[C@](NC(=O)[C@@H]3C=C4c5cccc6[nH]c(-n7c(Br)c8c9c(cccc97)C7=C[C@@H](C(=O)N[C@]9(C(C)C)O[C@@]%10(O)C%11CCCN%11C(=O)[C@H](CC(C)C)N%10C9=O)CN(C)[C@@H]7C8)c(c56)C[C@H]4N(C)C3)(C(C)C)C(=O)N12. The van der Waals surface area contributed by atoms with Crippen LogP contribution in [-0.2, 0) is 51.1 Å². The van der Waals surface area contributed by atoms with Gasteiger partial charge in [0.1, 0.15) is 30.0 Å². The number of hydrogen-bond donors (Lipinski definition) is 5. The first-order chi connectivity index (χ1) is 40.3. The Morgan fingerprint density at radius 2 is 1.13 bits per heavy atom. The summed E-state index contributed by atoms with van der Waals surface area (Å²) in [4.78, 5) is 102. The van der Waals surface area contributed by atoms with Crippen LogP contribution in [0, 0.1) is 35.5 Å². The number of benzene rings is 2. The average Bonchev–Trinajstić information content (AvgIpc) is 1.60. The van der Waals surface area contributed by atoms with E-state index in [0.29, 0.717) is 77.5 Å². The Kier molecular flexibility index (Phi) is 13.1. The molecule has 452 valence electrons. The van der Waals surface area contributed by atoms with Gasteiger partial charge in [0.05, 0.1) is 22.0 Å². The number of amides is 6. The Labute approximate surface area is 503 Å². The third-order valence-electron chi connectivity index (χ3n) is 20.9. The van der Waals surface area contributed by atoms with E-state index in [1.165, 1.54) is 9.80 Å². The normalized spacial score (nSPS) is 34.2. The summed E-state index contributed by atoms with van der Waals surface area (Å²) in [6.45, 7) is 16.8. The number of halogens is 1. The number of piperazine rings is 2. The molecule has 6 saturated heterocycles. The molecule has 21 heteroatoms. The van der Waals surface area contributed by atoms with E-state index in [-0.39, 0.29) is 35.7 Å². The van der Waals surface area contributed by atoms with Gasteiger partial charge in [-0.15, -0.1) is 0 Å². The first-order valence-electron chi connectivity index (χ1n) is 30.9. The molecule has 8 aliphatic heterocycles. The molecule has 14 rings (SSSR count). The molecule has 85 heavy (non-hydrogen) atoms. The van der Waals surface area contributed by atoms with E-state index < -0.39 is 94.7 Å². The molecular weight excluding hydrogens is 1150 g/mol. The van der Waals surface area contributed by atoms with Gasteiger partial charge in [-0.3, -0.25) is 62.4 Å². The van der Waals surface area contributed by atoms with Crippen molar-refractivity contribution in [3.8, 4) is 5.82 Å². The fourth-order valence-corrected chi connectivity index (χ4v) is 17.6. The van der Waals surface area contributed by atoms with E-state index in [2.05, 4.69) is 76.2 Å². The second-order valence-corrected chi connectivity index (χ2v) is 28.3. The largest absolute Gasteiger partial charge is 0.347 e. The van der Waals surface area contributed by atoms with E-state index in [1.807, 2.05) is 60.0 Å². The highest BCUT2D eigenvalue weighted by atomic mass is 79.9. The molecule has 0 radical (unpaired) electrons. The number of rotatable bonds is 11. The molecule has 2 aromatic carbocycles. The number of likely N-dealkylation sites (N-methyl/N-ethyl adjacent to an activating group) is 2. The van der Waals surface area contributed by atoms with Crippen molar-refractivity contribution < 1.29 is 48.5 Å². The van der Waals surface area contributed by atoms with E-state index >= 15 is 0 Å². The van der Waals surface area contributed by atoms with Crippen LogP contribution in [0.4, 0.5) is 0 Å². The number of carbonyl (C=O) groups is 6. The van der Waals surface area contributed by atoms with Gasteiger partial charge in [-0.25, -0.2) is 0 Å². The molecule has 0 saturated carbocycles. The molecule has 6 amide bonds. The topological polar surface area (TPSA) is 226 Å². The van der Waals surface area contributed by atoms with Gasteiger partial charge in [-0.2, -0.15) is 0 Å². The number of nitrogens with zero attached hydrogens (tertiary/aromatic N) is 7. The standard InChI is InChI=1S/C64H79BrN10O10/c1-31(2)23-47-57(78)71-21-13-19-49(71)63(82)74(47)59(80)61(84-63,33(5)6)67-55(76)35-25-39-37-15-11-17-43-51(37)42(28-46(39)70(10)30-35)54(66-43)73-44-18-12-16-38-40-26-36(29-69(9)45(40)27-41(52(38)44)53(73)65)56(77)68-62(34(7)8)60(81)75-48(24-32(3)4)58(79)72-22-14-20-50(72)64(75,83)85-62/h11-12,15-18,25-26,31-36,45-50,66,82-83H,13-14,19-24,27-30H2,1-10H3,(H,67,76)(H,68,77)/t35-,36-,45-,46-,47+,48+,49?,50?,61-,62-,63+,64+/m1/s1. The van der Waals surface area contributed by atoms with E-state index in [4.69, 9.17) is 9.47 Å². The number of ether oxygens (including phenoxy) is 2. The Hall–Kier alpha value is -5.94. The molecule has 2 aromatic heterocycles. The number of aromatic amines is 1. The van der Waals surface area contributed by atoms with Gasteiger partial charge in [-0.05, 0) is 133 Å². The molecule has 4 aromatic rings. The van der Waals surface area contributed by atoms with Crippen molar-refractivity contribution in [1.82, 2.24) is 49.6 Å². The van der Waals surface area contributed by atoms with Gasteiger partial charge in [0.15, 0.2) is 0 Å². The second-order valence-electron chi connectivity index (χ2n) is 27.6. The molecule has 12 atom stereocenters. The predicted octanol–water partition coefficient (Wildman–Crippen LogP) is 5.40. The third kappa shape index (κ3) is 7.84. The number of carbonyl (C=O) groups excluding carboxylic acids is 6. The summed E-state index contributed by atoms with van der Waals surface area (Å²) in [6, 6.07) is 9.00. The van der Waals surface area contributed by atoms with Crippen molar-refractivity contribution in [2.24, 2.45) is 35.5 Å². The Morgan fingerprint density at radius 1 is 0.671 bits per heavy atom. The van der Waals surface area contributed by atoms with Crippen LogP contribution < -0.4 is 10.6 Å². The van der Waals surface area contributed by atoms with Crippen molar-refractivity contribution in [1.29, 1.82) is 0 Å². The first kappa shape index (κ1) is 56.8. The summed E-state index contributed by atoms with van der Waals surface area (Å²) >= 11 is 4.15. The predicted molar refractivity (Wildman–Crippen MR) is 319 cm³/mol. The van der Waals surface area contributed by atoms with Gasteiger partial charge in [0, 0.05) is 72.0 Å². The smallest absolute Gasteiger partial charge is 0.281 e. The quantitative estimate of drug-likeness (QED) is 0.127. The average molecular weight is 1230 g/mol. The van der Waals surface area contributed by atoms with Crippen LogP contribution in [0.2, 0.25) is 0 Å². The summed E-state index contributed by atoms with van der Waals surface area (Å²) in [5.41, 5.74) is 4.39. The molecule has 0 spiro atoms. The maximum Gasteiger partial charge on any atom is 0.281 e. The van der Waals surface area contributed by atoms with Crippen LogP contribution in [0.15, 0.2) is 53.2 Å². The van der Waals surface area contributed by atoms with E-state index in [9.17, 15) is 39.0 Å². The van der Waals surface area contributed by atoms with Crippen LogP contribution >= 0.6 is 15.9 Å². The van der Waals surface area contributed by atoms with Crippen LogP contribution in [0.3, 0.4) is 0 Å². The molecule has 2 aliphatic carbocycles. The number of aliphatic hydroxyl groups is 2. The molecule has 2 unspecified atom stereocenters. The Bertz CT molecular complexity index is 3640. The van der Waals surface area contributed by atoms with Gasteiger partial charge in [-0.1, -0.05) is 91.8 Å². The molecule has 10 aliphatic rings. The number of nitrogens with one attached hydrogen (secondary N) is 3. The zero-order valence-corrected chi connectivity index (χ0v) is 51.8. The zero-order chi connectivity index (χ0) is 60.0. The third-order valence-corrected chi connectivity index (χ3v) is 21.7. The molecule has 20 nitrogen and oxygen atoms in total. The summed E-state index contributed by atoms with van der Waals surface area (Å²) in [7, 11) is 4.06. The van der Waals surface area contributed by atoms with Crippen molar-refractivity contribution >= 4 is 84.3 Å². The van der Waals surface area contributed by atoms with E-state index in [0.717, 1.165) is 65.6 Å². The van der Waals surface area contributed by atoms with Crippen molar-refractivity contribution in [2.45, 2.75) is 166 Å². The molecule has 6 fully saturated rings. The Balaban J connectivity index is 0.776. The van der Waals surface area contributed by atoms with Gasteiger partial charge < -0.3 is 35.6 Å². The maximum absolute atomic E-state index is 15.0. The monoisotopic (exact) mass is 1230 g/mol. The minimum atomic E-state index is -2.10. The summed E-state index contributed by atoms with van der Waals surface area (Å²) in [6.07, 6.45) is 8.34. The number of H-pyrrole nitrogens is 1. The molecule has 10 heterocycles. The van der Waals surface area contributed by atoms with Gasteiger partial charge in [0.25, 0.3) is 23.6 Å². The lowest BCUT2D eigenvalue weighted by Gasteiger charge is -2.49. The number of aromatic nitrogens is 2. The summed E-state index contributed by atoms with van der Waals surface area (Å²) in [5, 5.41) is 33.3. The summed E-state index contributed by atoms with van der Waals surface area (Å²) in [5.74, 6) is -8.15. The first-order valence-corrected chi connectivity index (χ1v) is 31.7. The van der Waals surface area contributed by atoms with Gasteiger partial charge in [0.2, 0.25) is 35.1 Å². The lowest BCUT2D eigenvalue weighted by Crippen LogP contribution is -2.71. The zero-order valence-electron chi connectivity index (χ0n) is 50.2. The lowest BCUT2D eigenvalue weighted by atomic mass is 9.79. The maximum atomic E-state index is 15.0. The molecule has 5 N–H and O–H groups in total. The van der Waals surface area contributed by atoms with Gasteiger partial charge >= 0.3 is 0 Å². The van der Waals surface area contributed by atoms with Crippen LogP contribution in [-0.4, -0.2) is 184 Å². The van der Waals surface area contributed by atoms with Crippen molar-refractivity contribution in [2.75, 3.05) is 40.3 Å². The van der Waals surface area contributed by atoms with Crippen LogP contribution in [0.5, 0.6) is 0 Å². The lowest BCUT2D eigenvalue weighted by molar-refractivity contribution is -0.322. The fourth-order valence-electron chi connectivity index (χ4n) is 16.8. The Morgan fingerprint density at radius 3 is 1.60 bits per heavy atom. The molecule has 0 bridgehead atoms. The van der Waals surface area contributed by atoms with Crippen LogP contribution in [0.25, 0.3) is 38.8 Å². The number of fused-ring (bicyclic) bond motifs is 10. The number of hydrogen-bond acceptors (Lipinski definition) is 12. The minimum Gasteiger partial charge on any atom is -0.347 e. The highest BCUT2D eigenvalue weighted by molar-refractivity contribution is 9.10. The van der Waals surface area contributed by atoms with Crippen LogP contribution in [0.1, 0.15) is 116 Å². The highest BCUT2D eigenvalue weighted by Crippen LogP contribution is 2.53. The highest BCUT2D eigenvalue weighted by Gasteiger charge is 2.74. The van der Waals surface area contributed by atoms with E-state index in [1.54, 1.807) is 37.5 Å². The van der Waals surface area contributed by atoms with Crippen molar-refractivity contribution in [3.63, 3.8) is 0 Å². The van der Waals surface area contributed by atoms with Crippen molar-refractivity contribution in [3.05, 3.63) is 75.4 Å². The summed E-state index contributed by atoms with van der Waals surface area (Å²) < 4.78 is 16.4. The molecular formula is C64H79BrN10O10. The minimum absolute atomic E-state index is 0.0430. The fraction of sp³-hybridized carbons (Fsp3) is 0.594. The second kappa shape index (κ2) is 19.5.